The van der Waals surface area contributed by atoms with Crippen LogP contribution in [0, 0.1) is 17.2 Å². The highest BCUT2D eigenvalue weighted by Gasteiger charge is 2.43. The summed E-state index contributed by atoms with van der Waals surface area (Å²) in [4.78, 5) is 23.8. The average Bonchev–Trinajstić information content (AvgIpc) is 3.37. The molecule has 1 aliphatic rings. The molecule has 0 radical (unpaired) electrons. The number of ether oxygens (including phenoxy) is 1. The van der Waals surface area contributed by atoms with E-state index in [2.05, 4.69) is 21.7 Å². The maximum atomic E-state index is 11.9. The number of aromatic nitrogens is 3. The van der Waals surface area contributed by atoms with Gasteiger partial charge in [0.1, 0.15) is 17.6 Å². The van der Waals surface area contributed by atoms with E-state index in [9.17, 15) is 14.9 Å². The molecule has 1 unspecified atom stereocenters. The molecule has 1 amide bonds. The van der Waals surface area contributed by atoms with Crippen molar-refractivity contribution in [2.24, 2.45) is 5.92 Å². The van der Waals surface area contributed by atoms with Gasteiger partial charge in [-0.2, -0.15) is 5.26 Å². The lowest BCUT2D eigenvalue weighted by Gasteiger charge is -2.22. The summed E-state index contributed by atoms with van der Waals surface area (Å²) in [6.45, 7) is 1.13. The third-order valence-electron chi connectivity index (χ3n) is 4.09. The predicted molar refractivity (Wildman–Crippen MR) is 83.4 cm³/mol. The molecule has 0 spiro atoms. The van der Waals surface area contributed by atoms with E-state index in [1.807, 2.05) is 12.1 Å². The van der Waals surface area contributed by atoms with Crippen LogP contribution in [-0.4, -0.2) is 39.0 Å². The second-order valence-electron chi connectivity index (χ2n) is 6.03. The minimum atomic E-state index is -0.897. The van der Waals surface area contributed by atoms with E-state index < -0.39 is 24.0 Å². The van der Waals surface area contributed by atoms with Gasteiger partial charge in [-0.3, -0.25) is 9.59 Å². The lowest BCUT2D eigenvalue weighted by molar-refractivity contribution is -0.149. The predicted octanol–water partition coefficient (Wildman–Crippen LogP) is 0.783. The van der Waals surface area contributed by atoms with Gasteiger partial charge in [0.25, 0.3) is 5.91 Å². The first-order valence-corrected chi connectivity index (χ1v) is 7.68. The number of fused-ring (bicyclic) bond motifs is 1. The van der Waals surface area contributed by atoms with Crippen LogP contribution in [0.2, 0.25) is 0 Å². The van der Waals surface area contributed by atoms with Crippen LogP contribution in [0.15, 0.2) is 24.3 Å². The first-order valence-electron chi connectivity index (χ1n) is 7.68. The Morgan fingerprint density at radius 3 is 2.92 bits per heavy atom. The second-order valence-corrected chi connectivity index (χ2v) is 6.03. The molecular weight excluding hydrogens is 310 g/mol. The first kappa shape index (κ1) is 15.9. The fourth-order valence-corrected chi connectivity index (χ4v) is 2.56. The van der Waals surface area contributed by atoms with Gasteiger partial charge >= 0.3 is 5.97 Å². The van der Waals surface area contributed by atoms with Gasteiger partial charge < -0.3 is 10.1 Å². The number of nitriles is 1. The number of para-hydroxylation sites is 1. The number of amides is 1. The summed E-state index contributed by atoms with van der Waals surface area (Å²) in [6.07, 6.45) is 1.84. The van der Waals surface area contributed by atoms with Crippen molar-refractivity contribution < 1.29 is 14.3 Å². The summed E-state index contributed by atoms with van der Waals surface area (Å²) in [5.41, 5.74) is 0.493. The van der Waals surface area contributed by atoms with E-state index >= 15 is 0 Å². The summed E-state index contributed by atoms with van der Waals surface area (Å²) in [7, 11) is 0. The Kier molecular flexibility index (Phi) is 4.16. The van der Waals surface area contributed by atoms with Crippen molar-refractivity contribution in [3.05, 3.63) is 24.3 Å². The Morgan fingerprint density at radius 1 is 1.46 bits per heavy atom. The highest BCUT2D eigenvalue weighted by Crippen LogP contribution is 2.39. The number of nitrogens with one attached hydrogen (secondary N) is 1. The van der Waals surface area contributed by atoms with Crippen LogP contribution in [0.25, 0.3) is 11.0 Å². The number of rotatable bonds is 6. The molecule has 0 aliphatic heterocycles. The monoisotopic (exact) mass is 327 g/mol. The summed E-state index contributed by atoms with van der Waals surface area (Å²) in [6, 6.07) is 9.36. The fourth-order valence-electron chi connectivity index (χ4n) is 2.56. The Labute approximate surface area is 138 Å². The van der Waals surface area contributed by atoms with Crippen LogP contribution in [0.4, 0.5) is 0 Å². The minimum absolute atomic E-state index is 0.133. The molecule has 24 heavy (non-hydrogen) atoms. The van der Waals surface area contributed by atoms with Crippen molar-refractivity contribution in [2.45, 2.75) is 31.8 Å². The number of benzene rings is 1. The Bertz CT molecular complexity index is 820. The van der Waals surface area contributed by atoms with Crippen molar-refractivity contribution in [3.8, 4) is 6.07 Å². The number of nitrogens with zero attached hydrogens (tertiary/aromatic N) is 4. The standard InChI is InChI=1S/C16H17N5O3/c1-16(10-17,11-6-7-11)18-14(22)9-24-15(23)8-21-13-5-3-2-4-12(13)19-20-21/h2-5,11H,6-9H2,1H3,(H,18,22). The quantitative estimate of drug-likeness (QED) is 0.785. The van der Waals surface area contributed by atoms with Gasteiger partial charge in [0.15, 0.2) is 6.61 Å². The summed E-state index contributed by atoms with van der Waals surface area (Å²) < 4.78 is 6.38. The maximum absolute atomic E-state index is 11.9. The molecule has 1 fully saturated rings. The Hall–Kier alpha value is -2.95. The van der Waals surface area contributed by atoms with E-state index in [1.165, 1.54) is 4.68 Å². The van der Waals surface area contributed by atoms with E-state index in [4.69, 9.17) is 4.74 Å². The van der Waals surface area contributed by atoms with E-state index in [1.54, 1.807) is 19.1 Å². The molecule has 1 aliphatic carbocycles. The van der Waals surface area contributed by atoms with Crippen LogP contribution in [-0.2, 0) is 20.9 Å². The summed E-state index contributed by atoms with van der Waals surface area (Å²) in [5.74, 6) is -0.905. The van der Waals surface area contributed by atoms with Gasteiger partial charge in [-0.15, -0.1) is 5.10 Å². The third kappa shape index (κ3) is 3.35. The average molecular weight is 327 g/mol. The molecular formula is C16H17N5O3. The van der Waals surface area contributed by atoms with Crippen molar-refractivity contribution in [1.29, 1.82) is 5.26 Å². The SMILES string of the molecule is CC(C#N)(NC(=O)COC(=O)Cn1nnc2ccccc21)C1CC1. The molecule has 124 valence electrons. The molecule has 0 bridgehead atoms. The van der Waals surface area contributed by atoms with E-state index in [0.717, 1.165) is 12.8 Å². The number of carbonyl (C=O) groups excluding carboxylic acids is 2. The van der Waals surface area contributed by atoms with Crippen molar-refractivity contribution in [1.82, 2.24) is 20.3 Å². The normalized spacial score (nSPS) is 16.2. The van der Waals surface area contributed by atoms with Crippen LogP contribution in [0.3, 0.4) is 0 Å². The number of hydrogen-bond acceptors (Lipinski definition) is 6. The summed E-state index contributed by atoms with van der Waals surface area (Å²) >= 11 is 0. The zero-order valence-corrected chi connectivity index (χ0v) is 13.2. The lowest BCUT2D eigenvalue weighted by atomic mass is 9.98. The Balaban J connectivity index is 1.52. The zero-order chi connectivity index (χ0) is 17.2. The highest BCUT2D eigenvalue weighted by molar-refractivity contribution is 5.82. The van der Waals surface area contributed by atoms with Gasteiger partial charge in [-0.05, 0) is 37.8 Å². The van der Waals surface area contributed by atoms with Gasteiger partial charge in [-0.1, -0.05) is 17.3 Å². The van der Waals surface area contributed by atoms with E-state index in [0.29, 0.717) is 11.0 Å². The van der Waals surface area contributed by atoms with E-state index in [-0.39, 0.29) is 12.5 Å². The Morgan fingerprint density at radius 2 is 2.21 bits per heavy atom. The molecule has 1 saturated carbocycles. The summed E-state index contributed by atoms with van der Waals surface area (Å²) in [5, 5.41) is 19.7. The number of hydrogen-bond donors (Lipinski definition) is 1. The highest BCUT2D eigenvalue weighted by atomic mass is 16.5. The largest absolute Gasteiger partial charge is 0.454 e. The fraction of sp³-hybridized carbons (Fsp3) is 0.438. The second kappa shape index (κ2) is 6.28. The van der Waals surface area contributed by atoms with Crippen molar-refractivity contribution >= 4 is 22.9 Å². The molecule has 1 atom stereocenters. The van der Waals surface area contributed by atoms with Gasteiger partial charge in [0, 0.05) is 0 Å². The molecule has 1 heterocycles. The third-order valence-corrected chi connectivity index (χ3v) is 4.09. The molecule has 8 heteroatoms. The topological polar surface area (TPSA) is 110 Å². The van der Waals surface area contributed by atoms with Crippen LogP contribution < -0.4 is 5.32 Å². The van der Waals surface area contributed by atoms with Crippen LogP contribution in [0.1, 0.15) is 19.8 Å². The first-order chi connectivity index (χ1) is 11.5. The van der Waals surface area contributed by atoms with Crippen molar-refractivity contribution in [2.75, 3.05) is 6.61 Å². The molecule has 1 aromatic carbocycles. The van der Waals surface area contributed by atoms with Gasteiger partial charge in [0.2, 0.25) is 0 Å². The van der Waals surface area contributed by atoms with Crippen LogP contribution in [0.5, 0.6) is 0 Å². The smallest absolute Gasteiger partial charge is 0.328 e. The minimum Gasteiger partial charge on any atom is -0.454 e. The van der Waals surface area contributed by atoms with Gasteiger partial charge in [-0.25, -0.2) is 4.68 Å². The molecule has 3 rings (SSSR count). The molecule has 1 aromatic heterocycles. The van der Waals surface area contributed by atoms with Gasteiger partial charge in [0.05, 0.1) is 11.6 Å². The maximum Gasteiger partial charge on any atom is 0.328 e. The van der Waals surface area contributed by atoms with Crippen molar-refractivity contribution in [3.63, 3.8) is 0 Å². The molecule has 0 saturated heterocycles. The molecule has 8 nitrogen and oxygen atoms in total. The molecule has 1 N–H and O–H groups in total. The number of esters is 1. The number of carbonyl (C=O) groups is 2. The lowest BCUT2D eigenvalue weighted by Crippen LogP contribution is -2.48. The van der Waals surface area contributed by atoms with Crippen LogP contribution >= 0.6 is 0 Å². The molecule has 2 aromatic rings. The zero-order valence-electron chi connectivity index (χ0n) is 13.2.